The summed E-state index contributed by atoms with van der Waals surface area (Å²) in [6.07, 6.45) is 7.10. The first-order valence-corrected chi connectivity index (χ1v) is 19.6. The number of pyridine rings is 2. The Morgan fingerprint density at radius 3 is 2.67 bits per heavy atom. The first-order chi connectivity index (χ1) is 26.0. The van der Waals surface area contributed by atoms with E-state index in [1.54, 1.807) is 29.1 Å². The van der Waals surface area contributed by atoms with Crippen molar-refractivity contribution >= 4 is 22.4 Å². The van der Waals surface area contributed by atoms with E-state index in [9.17, 15) is 14.3 Å². The van der Waals surface area contributed by atoms with Crippen molar-refractivity contribution < 1.29 is 14.2 Å². The van der Waals surface area contributed by atoms with Crippen LogP contribution in [0.4, 0.5) is 10.1 Å². The minimum absolute atomic E-state index is 0.123. The van der Waals surface area contributed by atoms with Gasteiger partial charge in [0.1, 0.15) is 17.8 Å². The number of piperazine rings is 1. The van der Waals surface area contributed by atoms with Crippen LogP contribution < -0.4 is 21.3 Å². The zero-order valence-corrected chi connectivity index (χ0v) is 32.3. The molecule has 4 N–H and O–H groups in total. The maximum atomic E-state index is 14.9. The van der Waals surface area contributed by atoms with E-state index in [2.05, 4.69) is 47.8 Å². The Hall–Kier alpha value is -4.32. The molecule has 8 rings (SSSR count). The molecule has 4 fully saturated rings. The average molecular weight is 738 g/mol. The largest absolute Gasteiger partial charge is 0.497 e. The van der Waals surface area contributed by atoms with Crippen molar-refractivity contribution in [1.82, 2.24) is 19.4 Å². The minimum Gasteiger partial charge on any atom is -0.497 e. The third-order valence-corrected chi connectivity index (χ3v) is 12.8. The number of nitrogens with one attached hydrogen (secondary N) is 1. The van der Waals surface area contributed by atoms with E-state index in [4.69, 9.17) is 15.5 Å². The minimum atomic E-state index is -0.513. The third kappa shape index (κ3) is 7.50. The number of hydrogen-bond acceptors (Lipinski definition) is 7. The summed E-state index contributed by atoms with van der Waals surface area (Å²) in [6.45, 7) is 12.4. The number of anilines is 1. The monoisotopic (exact) mass is 737 g/mol. The molecule has 288 valence electrons. The van der Waals surface area contributed by atoms with Crippen LogP contribution in [0.15, 0.2) is 76.8 Å². The van der Waals surface area contributed by atoms with Crippen molar-refractivity contribution in [1.29, 1.82) is 0 Å². The van der Waals surface area contributed by atoms with Crippen molar-refractivity contribution in [2.24, 2.45) is 33.9 Å². The second kappa shape index (κ2) is 15.8. The number of aliphatic hydroxyl groups is 1. The number of aromatic nitrogens is 2. The van der Waals surface area contributed by atoms with Crippen molar-refractivity contribution in [3.8, 4) is 17.0 Å². The van der Waals surface area contributed by atoms with Gasteiger partial charge in [0.05, 0.1) is 18.8 Å². The van der Waals surface area contributed by atoms with Crippen LogP contribution in [-0.2, 0) is 13.0 Å². The van der Waals surface area contributed by atoms with Crippen molar-refractivity contribution in [2.45, 2.75) is 84.7 Å². The van der Waals surface area contributed by atoms with Crippen LogP contribution in [-0.4, -0.2) is 82.0 Å². The highest BCUT2D eigenvalue weighted by Gasteiger charge is 2.56. The van der Waals surface area contributed by atoms with Crippen LogP contribution in [0.5, 0.6) is 5.75 Å². The second-order valence-electron chi connectivity index (χ2n) is 16.3. The number of aliphatic imine (C=N–C) groups is 1. The Bertz CT molecular complexity index is 2040. The summed E-state index contributed by atoms with van der Waals surface area (Å²) in [5, 5.41) is 16.0. The predicted octanol–water partition coefficient (Wildman–Crippen LogP) is 6.36. The lowest BCUT2D eigenvalue weighted by molar-refractivity contribution is -0.108. The van der Waals surface area contributed by atoms with Gasteiger partial charge in [-0.2, -0.15) is 0 Å². The van der Waals surface area contributed by atoms with E-state index in [0.29, 0.717) is 65.8 Å². The topological polar surface area (TPSA) is 121 Å². The molecule has 6 atom stereocenters. The predicted molar refractivity (Wildman–Crippen MR) is 214 cm³/mol. The molecule has 0 spiro atoms. The summed E-state index contributed by atoms with van der Waals surface area (Å²) in [5.74, 6) is 2.75. The normalized spacial score (nSPS) is 24.6. The summed E-state index contributed by atoms with van der Waals surface area (Å²) in [5.41, 5.74) is 8.85. The fraction of sp³-hybridized carbons (Fsp3) is 0.512. The second-order valence-corrected chi connectivity index (χ2v) is 16.3. The molecule has 10 nitrogen and oxygen atoms in total. The molecule has 0 radical (unpaired) electrons. The fourth-order valence-corrected chi connectivity index (χ4v) is 9.35. The highest BCUT2D eigenvalue weighted by molar-refractivity contribution is 5.97. The van der Waals surface area contributed by atoms with Crippen LogP contribution >= 0.6 is 0 Å². The zero-order chi connectivity index (χ0) is 38.1. The Labute approximate surface area is 318 Å². The van der Waals surface area contributed by atoms with Gasteiger partial charge in [0.2, 0.25) is 0 Å². The van der Waals surface area contributed by atoms with Gasteiger partial charge in [-0.05, 0) is 122 Å². The van der Waals surface area contributed by atoms with Crippen LogP contribution in [0.3, 0.4) is 0 Å². The van der Waals surface area contributed by atoms with Crippen LogP contribution in [0.25, 0.3) is 22.0 Å². The molecule has 2 aromatic heterocycles. The van der Waals surface area contributed by atoms with Crippen LogP contribution in [0.2, 0.25) is 0 Å². The number of nitrogens with two attached hydrogens (primary N) is 1. The molecule has 4 aromatic rings. The molecule has 1 unspecified atom stereocenters. The van der Waals surface area contributed by atoms with Gasteiger partial charge in [-0.1, -0.05) is 26.8 Å². The molecule has 3 aliphatic carbocycles. The number of rotatable bonds is 11. The van der Waals surface area contributed by atoms with Crippen LogP contribution in [0.1, 0.15) is 58.9 Å². The Kier molecular flexibility index (Phi) is 11.1. The standard InChI is InChI=1S/C43H56FN7O3/c1-27-26-49(18-19-50(27)40(52)9-6-15-45)42(48-38-23-32-22-36(28(38)2)43(32,3)4)47-33-11-13-35-31(20-33)21-39(30-8-7-16-46-25-30)51(41(35)53)17-14-29-10-12-34(54-5)24-37(29)44/h7-8,10-13,16,20-21,24-25,27-28,32,36,38,40,52H,6,9,14-15,17-19,22-23,26,45H2,1-5H3,(H,47,48)/t27-,28-,32-,36+,38?,40+/m0/s1. The zero-order valence-electron chi connectivity index (χ0n) is 32.3. The summed E-state index contributed by atoms with van der Waals surface area (Å²) < 4.78 is 21.8. The highest BCUT2D eigenvalue weighted by Crippen LogP contribution is 2.61. The average Bonchev–Trinajstić information content (AvgIpc) is 3.17. The molecule has 3 saturated carbocycles. The van der Waals surface area contributed by atoms with Gasteiger partial charge in [0.25, 0.3) is 5.56 Å². The number of ether oxygens (including phenoxy) is 1. The van der Waals surface area contributed by atoms with E-state index in [1.807, 2.05) is 36.4 Å². The Balaban J connectivity index is 1.21. The van der Waals surface area contributed by atoms with E-state index >= 15 is 0 Å². The molecule has 0 amide bonds. The molecule has 3 heterocycles. The van der Waals surface area contributed by atoms with Crippen molar-refractivity contribution in [3.63, 3.8) is 0 Å². The molecule has 4 aliphatic rings. The van der Waals surface area contributed by atoms with Gasteiger partial charge in [0, 0.05) is 67.3 Å². The Morgan fingerprint density at radius 2 is 1.98 bits per heavy atom. The number of aryl methyl sites for hydroxylation is 1. The Morgan fingerprint density at radius 1 is 1.15 bits per heavy atom. The molecule has 11 heteroatoms. The van der Waals surface area contributed by atoms with Gasteiger partial charge in [-0.25, -0.2) is 9.38 Å². The number of aliphatic hydroxyl groups excluding tert-OH is 1. The molecule has 2 aromatic carbocycles. The first kappa shape index (κ1) is 38.0. The van der Waals surface area contributed by atoms with Crippen LogP contribution in [0, 0.1) is 29.0 Å². The van der Waals surface area contributed by atoms with E-state index < -0.39 is 6.23 Å². The number of benzene rings is 2. The lowest BCUT2D eigenvalue weighted by Crippen LogP contribution is -2.59. The lowest BCUT2D eigenvalue weighted by Gasteiger charge is -2.61. The number of methoxy groups -OCH3 is 1. The molecular formula is C43H56FN7O3. The van der Waals surface area contributed by atoms with E-state index in [0.717, 1.165) is 60.8 Å². The third-order valence-electron chi connectivity index (χ3n) is 12.8. The summed E-state index contributed by atoms with van der Waals surface area (Å²) in [7, 11) is 1.51. The van der Waals surface area contributed by atoms with E-state index in [-0.39, 0.29) is 23.5 Å². The summed E-state index contributed by atoms with van der Waals surface area (Å²) >= 11 is 0. The molecule has 1 aliphatic heterocycles. The molecule has 54 heavy (non-hydrogen) atoms. The number of guanidine groups is 1. The molecule has 1 saturated heterocycles. The molecule has 2 bridgehead atoms. The number of nitrogens with zero attached hydrogens (tertiary/aromatic N) is 5. The molecular weight excluding hydrogens is 682 g/mol. The number of halogens is 1. The SMILES string of the molecule is COc1ccc(CCn2c(-c3cccnc3)cc3cc(NC(=NC4C[C@@H]5C[C@H]([C@@H]4C)C5(C)C)N4CCN([C@H](O)CCCN)[C@@H](C)C4)ccc3c2=O)c(F)c1. The summed E-state index contributed by atoms with van der Waals surface area (Å²) in [4.78, 5) is 28.6. The smallest absolute Gasteiger partial charge is 0.258 e. The number of hydrogen-bond donors (Lipinski definition) is 3. The fourth-order valence-electron chi connectivity index (χ4n) is 9.35. The van der Waals surface area contributed by atoms with Gasteiger partial charge >= 0.3 is 0 Å². The van der Waals surface area contributed by atoms with Gasteiger partial charge < -0.3 is 30.4 Å². The lowest BCUT2D eigenvalue weighted by atomic mass is 9.45. The van der Waals surface area contributed by atoms with Gasteiger partial charge in [0.15, 0.2) is 5.96 Å². The number of fused-ring (bicyclic) bond motifs is 3. The highest BCUT2D eigenvalue weighted by atomic mass is 19.1. The maximum absolute atomic E-state index is 14.9. The van der Waals surface area contributed by atoms with Crippen molar-refractivity contribution in [2.75, 3.05) is 38.6 Å². The first-order valence-electron chi connectivity index (χ1n) is 19.6. The van der Waals surface area contributed by atoms with E-state index in [1.165, 1.54) is 19.6 Å². The maximum Gasteiger partial charge on any atom is 0.258 e. The van der Waals surface area contributed by atoms with Gasteiger partial charge in [-0.15, -0.1) is 0 Å². The van der Waals surface area contributed by atoms with Crippen molar-refractivity contribution in [3.05, 3.63) is 88.7 Å². The quantitative estimate of drug-likeness (QED) is 0.120. The summed E-state index contributed by atoms with van der Waals surface area (Å²) in [6, 6.07) is 16.9. The van der Waals surface area contributed by atoms with Gasteiger partial charge in [-0.3, -0.25) is 14.7 Å².